The lowest BCUT2D eigenvalue weighted by Crippen LogP contribution is -2.36. The quantitative estimate of drug-likeness (QED) is 0.700. The summed E-state index contributed by atoms with van der Waals surface area (Å²) in [6, 6.07) is 6.97. The molecule has 3 nitrogen and oxygen atoms in total. The van der Waals surface area contributed by atoms with E-state index in [0.29, 0.717) is 0 Å². The van der Waals surface area contributed by atoms with Crippen LogP contribution in [0, 0.1) is 6.92 Å². The summed E-state index contributed by atoms with van der Waals surface area (Å²) in [4.78, 5) is 9.08. The number of alkyl halides is 3. The van der Waals surface area contributed by atoms with Crippen LogP contribution in [0.4, 0.5) is 24.8 Å². The van der Waals surface area contributed by atoms with E-state index in [4.69, 9.17) is 0 Å². The Balaban J connectivity index is 2.05. The summed E-state index contributed by atoms with van der Waals surface area (Å²) < 4.78 is 39.0. The zero-order valence-electron chi connectivity index (χ0n) is 14.3. The first-order valence-electron chi connectivity index (χ1n) is 7.88. The molecule has 3 rings (SSSR count). The molecule has 0 atom stereocenters. The Kier molecular flexibility index (Phi) is 4.64. The van der Waals surface area contributed by atoms with E-state index in [1.807, 2.05) is 19.1 Å². The van der Waals surface area contributed by atoms with E-state index in [-0.39, 0.29) is 10.4 Å². The van der Waals surface area contributed by atoms with Crippen molar-refractivity contribution < 1.29 is 13.2 Å². The largest absolute Gasteiger partial charge is 0.433 e. The number of nitrogens with zero attached hydrogens (tertiary/aromatic N) is 3. The highest BCUT2D eigenvalue weighted by molar-refractivity contribution is 8.08. The van der Waals surface area contributed by atoms with Crippen LogP contribution in [0.5, 0.6) is 0 Å². The van der Waals surface area contributed by atoms with Gasteiger partial charge in [-0.15, -0.1) is 11.8 Å². The van der Waals surface area contributed by atoms with Gasteiger partial charge in [0.15, 0.2) is 5.69 Å². The number of rotatable bonds is 3. The summed E-state index contributed by atoms with van der Waals surface area (Å²) in [5.74, 6) is 1.17. The molecule has 2 heterocycles. The van der Waals surface area contributed by atoms with E-state index in [9.17, 15) is 13.2 Å². The van der Waals surface area contributed by atoms with E-state index in [2.05, 4.69) is 22.1 Å². The monoisotopic (exact) mass is 366 g/mol. The number of hydrogen-bond donors (Lipinski definition) is 0. The molecule has 1 aliphatic rings. The highest BCUT2D eigenvalue weighted by atomic mass is 32.2. The van der Waals surface area contributed by atoms with Crippen LogP contribution >= 0.6 is 11.8 Å². The van der Waals surface area contributed by atoms with Gasteiger partial charge < -0.3 is 0 Å². The average Bonchev–Trinajstić information content (AvgIpc) is 3.08. The molecule has 0 fully saturated rings. The van der Waals surface area contributed by atoms with Crippen LogP contribution in [0.1, 0.15) is 23.2 Å². The standard InChI is InChI=1S/C18H19F3N3S/c1-12-9-13(15-5-4-8-25-15)11-14(10-12)24(2,3)17-22-7-6-16(23-17)18(19,20)21/h5-7,9-11H,4,8H2,1-3H3/q+1. The van der Waals surface area contributed by atoms with Gasteiger partial charge in [0.2, 0.25) is 0 Å². The molecule has 0 radical (unpaired) electrons. The molecule has 1 aromatic heterocycles. The van der Waals surface area contributed by atoms with Crippen molar-refractivity contribution >= 4 is 28.3 Å². The number of halogens is 3. The summed E-state index contributed by atoms with van der Waals surface area (Å²) in [5.41, 5.74) is 2.07. The lowest BCUT2D eigenvalue weighted by Gasteiger charge is -2.27. The zero-order chi connectivity index (χ0) is 18.2. The summed E-state index contributed by atoms with van der Waals surface area (Å²) in [5, 5.41) is 0. The molecule has 2 aromatic rings. The van der Waals surface area contributed by atoms with Gasteiger partial charge in [-0.25, -0.2) is 4.48 Å². The zero-order valence-corrected chi connectivity index (χ0v) is 15.1. The molecule has 132 valence electrons. The van der Waals surface area contributed by atoms with Gasteiger partial charge in [-0.3, -0.25) is 0 Å². The number of aryl methyl sites for hydroxylation is 1. The molecule has 1 aliphatic heterocycles. The molecule has 7 heteroatoms. The fourth-order valence-electron chi connectivity index (χ4n) is 2.74. The normalized spacial score (nSPS) is 15.4. The molecule has 1 aromatic carbocycles. The van der Waals surface area contributed by atoms with Gasteiger partial charge in [0, 0.05) is 29.0 Å². The predicted octanol–water partition coefficient (Wildman–Crippen LogP) is 5.18. The van der Waals surface area contributed by atoms with Crippen molar-refractivity contribution in [2.75, 3.05) is 19.8 Å². The van der Waals surface area contributed by atoms with Crippen LogP contribution in [0.15, 0.2) is 36.5 Å². The minimum atomic E-state index is -4.49. The van der Waals surface area contributed by atoms with E-state index < -0.39 is 11.9 Å². The Morgan fingerprint density at radius 3 is 2.56 bits per heavy atom. The Labute approximate surface area is 149 Å². The van der Waals surface area contributed by atoms with Crippen molar-refractivity contribution in [3.63, 3.8) is 0 Å². The van der Waals surface area contributed by atoms with Crippen LogP contribution in [0.2, 0.25) is 0 Å². The topological polar surface area (TPSA) is 25.8 Å². The van der Waals surface area contributed by atoms with Crippen LogP contribution in [-0.4, -0.2) is 29.8 Å². The summed E-state index contributed by atoms with van der Waals surface area (Å²) in [7, 11) is 3.59. The highest BCUT2D eigenvalue weighted by Crippen LogP contribution is 2.38. The summed E-state index contributed by atoms with van der Waals surface area (Å²) in [6.45, 7) is 1.99. The first-order chi connectivity index (χ1) is 11.7. The van der Waals surface area contributed by atoms with Crippen molar-refractivity contribution in [2.45, 2.75) is 19.5 Å². The van der Waals surface area contributed by atoms with Crippen LogP contribution < -0.4 is 4.48 Å². The average molecular weight is 366 g/mol. The Hall–Kier alpha value is -1.86. The Morgan fingerprint density at radius 2 is 1.92 bits per heavy atom. The summed E-state index contributed by atoms with van der Waals surface area (Å²) in [6.07, 6.45) is -0.0831. The number of aromatic nitrogens is 2. The van der Waals surface area contributed by atoms with Crippen LogP contribution in [-0.2, 0) is 6.18 Å². The fraction of sp³-hybridized carbons (Fsp3) is 0.333. The first kappa shape index (κ1) is 17.9. The highest BCUT2D eigenvalue weighted by Gasteiger charge is 2.36. The van der Waals surface area contributed by atoms with Gasteiger partial charge in [0.1, 0.15) is 5.69 Å². The number of allylic oxidation sites excluding steroid dienone is 1. The van der Waals surface area contributed by atoms with E-state index >= 15 is 0 Å². The molecule has 0 saturated heterocycles. The molecule has 0 unspecified atom stereocenters. The molecule has 0 spiro atoms. The molecule has 0 amide bonds. The maximum absolute atomic E-state index is 13.0. The fourth-order valence-corrected chi connectivity index (χ4v) is 3.71. The minimum Gasteiger partial charge on any atom is -0.230 e. The van der Waals surface area contributed by atoms with Crippen molar-refractivity contribution in [3.05, 3.63) is 53.4 Å². The minimum absolute atomic E-state index is 0.0382. The first-order valence-corrected chi connectivity index (χ1v) is 8.87. The molecule has 0 saturated carbocycles. The van der Waals surface area contributed by atoms with Gasteiger partial charge in [-0.05, 0) is 30.5 Å². The van der Waals surface area contributed by atoms with Gasteiger partial charge in [-0.2, -0.15) is 23.1 Å². The number of benzene rings is 1. The second-order valence-electron chi connectivity index (χ2n) is 6.46. The van der Waals surface area contributed by atoms with Crippen LogP contribution in [0.3, 0.4) is 0 Å². The third-order valence-electron chi connectivity index (χ3n) is 4.13. The number of quaternary nitrogens is 1. The van der Waals surface area contributed by atoms with Gasteiger partial charge in [-0.1, -0.05) is 12.1 Å². The third-order valence-corrected chi connectivity index (χ3v) is 5.28. The van der Waals surface area contributed by atoms with E-state index in [0.717, 1.165) is 41.3 Å². The van der Waals surface area contributed by atoms with Crippen molar-refractivity contribution in [1.82, 2.24) is 14.5 Å². The maximum Gasteiger partial charge on any atom is 0.433 e. The van der Waals surface area contributed by atoms with E-state index in [1.54, 1.807) is 25.9 Å². The molecular formula is C18H19F3N3S+. The van der Waals surface area contributed by atoms with Crippen LogP contribution in [0.25, 0.3) is 4.91 Å². The molecule has 25 heavy (non-hydrogen) atoms. The van der Waals surface area contributed by atoms with Crippen molar-refractivity contribution in [3.8, 4) is 0 Å². The molecule has 0 N–H and O–H groups in total. The number of hydrogen-bond acceptors (Lipinski definition) is 3. The number of thioether (sulfide) groups is 1. The lowest BCUT2D eigenvalue weighted by atomic mass is 10.1. The van der Waals surface area contributed by atoms with Crippen molar-refractivity contribution in [2.24, 2.45) is 0 Å². The van der Waals surface area contributed by atoms with Gasteiger partial charge in [0.25, 0.3) is 0 Å². The second-order valence-corrected chi connectivity index (χ2v) is 7.59. The van der Waals surface area contributed by atoms with E-state index in [1.165, 1.54) is 4.91 Å². The lowest BCUT2D eigenvalue weighted by molar-refractivity contribution is -0.141. The Bertz CT molecular complexity index is 829. The van der Waals surface area contributed by atoms with Crippen molar-refractivity contribution in [1.29, 1.82) is 0 Å². The maximum atomic E-state index is 13.0. The van der Waals surface area contributed by atoms with Gasteiger partial charge in [0.05, 0.1) is 14.1 Å². The third kappa shape index (κ3) is 3.72. The Morgan fingerprint density at radius 1 is 1.16 bits per heavy atom. The summed E-state index contributed by atoms with van der Waals surface area (Å²) >= 11 is 1.80. The second kappa shape index (κ2) is 6.46. The van der Waals surface area contributed by atoms with Gasteiger partial charge >= 0.3 is 12.1 Å². The predicted molar refractivity (Wildman–Crippen MR) is 96.6 cm³/mol. The molecular weight excluding hydrogens is 347 g/mol. The molecule has 0 aliphatic carbocycles. The SMILES string of the molecule is Cc1cc(C2=CCCS2)cc([N+](C)(C)c2nccc(C(F)(F)F)n2)c1. The molecule has 0 bridgehead atoms. The smallest absolute Gasteiger partial charge is 0.230 e.